The van der Waals surface area contributed by atoms with Crippen LogP contribution in [0.2, 0.25) is 0 Å². The van der Waals surface area contributed by atoms with E-state index in [4.69, 9.17) is 9.47 Å². The molecule has 0 amide bonds. The molecule has 0 aliphatic heterocycles. The minimum absolute atomic E-state index is 0.0836. The maximum absolute atomic E-state index is 12.9. The lowest BCUT2D eigenvalue weighted by Gasteiger charge is -2.14. The number of rotatable bonds is 7. The first-order chi connectivity index (χ1) is 13.5. The molecule has 0 aliphatic rings. The zero-order valence-corrected chi connectivity index (χ0v) is 15.3. The summed E-state index contributed by atoms with van der Waals surface area (Å²) in [7, 11) is 0. The molecule has 0 unspecified atom stereocenters. The van der Waals surface area contributed by atoms with Crippen LogP contribution in [0.25, 0.3) is 0 Å². The van der Waals surface area contributed by atoms with Gasteiger partial charge in [0.2, 0.25) is 0 Å². The highest BCUT2D eigenvalue weighted by Crippen LogP contribution is 2.18. The van der Waals surface area contributed by atoms with Gasteiger partial charge in [-0.25, -0.2) is 9.18 Å². The fraction of sp³-hybridized carbons (Fsp3) is 0.130. The van der Waals surface area contributed by atoms with Crippen molar-refractivity contribution in [2.45, 2.75) is 13.0 Å². The minimum Gasteiger partial charge on any atom is -0.482 e. The first-order valence-electron chi connectivity index (χ1n) is 8.80. The van der Waals surface area contributed by atoms with Crippen molar-refractivity contribution in [3.63, 3.8) is 0 Å². The Kier molecular flexibility index (Phi) is 6.17. The van der Waals surface area contributed by atoms with E-state index in [1.165, 1.54) is 12.1 Å². The quantitative estimate of drug-likeness (QED) is 0.440. The Morgan fingerprint density at radius 3 is 2.11 bits per heavy atom. The Balaban J connectivity index is 1.52. The molecule has 0 aromatic heterocycles. The molecule has 0 aliphatic carbocycles. The number of carbonyl (C=O) groups is 2. The van der Waals surface area contributed by atoms with E-state index < -0.39 is 12.1 Å². The van der Waals surface area contributed by atoms with Crippen molar-refractivity contribution in [2.24, 2.45) is 0 Å². The van der Waals surface area contributed by atoms with Gasteiger partial charge < -0.3 is 9.47 Å². The van der Waals surface area contributed by atoms with Crippen molar-refractivity contribution in [1.82, 2.24) is 0 Å². The predicted octanol–water partition coefficient (Wildman–Crippen LogP) is 4.74. The van der Waals surface area contributed by atoms with E-state index in [0.717, 1.165) is 0 Å². The molecular formula is C23H19FO4. The SMILES string of the molecule is C[C@H](OC(=O)COc1ccc(C(=O)c2ccccc2)cc1)c1ccc(F)cc1. The normalized spacial score (nSPS) is 11.5. The topological polar surface area (TPSA) is 52.6 Å². The molecule has 5 heteroatoms. The van der Waals surface area contributed by atoms with Crippen LogP contribution in [0, 0.1) is 5.82 Å². The summed E-state index contributed by atoms with van der Waals surface area (Å²) in [6.45, 7) is 1.44. The third kappa shape index (κ3) is 5.04. The van der Waals surface area contributed by atoms with E-state index >= 15 is 0 Å². The lowest BCUT2D eigenvalue weighted by molar-refractivity contribution is -0.151. The van der Waals surface area contributed by atoms with Crippen LogP contribution in [0.1, 0.15) is 34.5 Å². The number of benzene rings is 3. The van der Waals surface area contributed by atoms with Crippen molar-refractivity contribution >= 4 is 11.8 Å². The first-order valence-corrected chi connectivity index (χ1v) is 8.80. The molecule has 0 saturated carbocycles. The third-order valence-electron chi connectivity index (χ3n) is 4.16. The van der Waals surface area contributed by atoms with Crippen molar-refractivity contribution < 1.29 is 23.5 Å². The van der Waals surface area contributed by atoms with Gasteiger partial charge in [0.15, 0.2) is 12.4 Å². The van der Waals surface area contributed by atoms with Gasteiger partial charge in [0.25, 0.3) is 0 Å². The van der Waals surface area contributed by atoms with Crippen LogP contribution in [0.5, 0.6) is 5.75 Å². The second kappa shape index (κ2) is 8.95. The lowest BCUT2D eigenvalue weighted by atomic mass is 10.0. The van der Waals surface area contributed by atoms with Gasteiger partial charge in [-0.3, -0.25) is 4.79 Å². The van der Waals surface area contributed by atoms with E-state index in [1.54, 1.807) is 55.5 Å². The summed E-state index contributed by atoms with van der Waals surface area (Å²) in [5.74, 6) is -0.517. The molecule has 142 valence electrons. The van der Waals surface area contributed by atoms with Crippen LogP contribution in [0.3, 0.4) is 0 Å². The van der Waals surface area contributed by atoms with Crippen LogP contribution in [-0.4, -0.2) is 18.4 Å². The Morgan fingerprint density at radius 2 is 1.46 bits per heavy atom. The molecule has 0 spiro atoms. The molecule has 28 heavy (non-hydrogen) atoms. The molecule has 1 atom stereocenters. The summed E-state index contributed by atoms with van der Waals surface area (Å²) in [5.41, 5.74) is 1.83. The molecule has 3 aromatic rings. The van der Waals surface area contributed by atoms with E-state index in [9.17, 15) is 14.0 Å². The van der Waals surface area contributed by atoms with Gasteiger partial charge in [-0.1, -0.05) is 42.5 Å². The van der Waals surface area contributed by atoms with Gasteiger partial charge in [-0.2, -0.15) is 0 Å². The van der Waals surface area contributed by atoms with Crippen molar-refractivity contribution in [1.29, 1.82) is 0 Å². The molecule has 0 radical (unpaired) electrons. The van der Waals surface area contributed by atoms with Crippen molar-refractivity contribution in [2.75, 3.05) is 6.61 Å². The zero-order chi connectivity index (χ0) is 19.9. The Hall–Kier alpha value is -3.47. The van der Waals surface area contributed by atoms with Crippen LogP contribution >= 0.6 is 0 Å². The summed E-state index contributed by atoms with van der Waals surface area (Å²) in [4.78, 5) is 24.3. The van der Waals surface area contributed by atoms with Crippen molar-refractivity contribution in [3.05, 3.63) is 101 Å². The second-order valence-electron chi connectivity index (χ2n) is 6.19. The van der Waals surface area contributed by atoms with Gasteiger partial charge in [0.05, 0.1) is 0 Å². The number of ketones is 1. The van der Waals surface area contributed by atoms with Crippen LogP contribution < -0.4 is 4.74 Å². The average molecular weight is 378 g/mol. The van der Waals surface area contributed by atoms with Crippen LogP contribution in [-0.2, 0) is 9.53 Å². The molecule has 0 fully saturated rings. The minimum atomic E-state index is -0.540. The fourth-order valence-electron chi connectivity index (χ4n) is 2.63. The number of hydrogen-bond donors (Lipinski definition) is 0. The highest BCUT2D eigenvalue weighted by atomic mass is 19.1. The number of hydrogen-bond acceptors (Lipinski definition) is 4. The van der Waals surface area contributed by atoms with Crippen LogP contribution in [0.4, 0.5) is 4.39 Å². The van der Waals surface area contributed by atoms with Gasteiger partial charge in [-0.05, 0) is 48.9 Å². The zero-order valence-electron chi connectivity index (χ0n) is 15.3. The monoisotopic (exact) mass is 378 g/mol. The van der Waals surface area contributed by atoms with Gasteiger partial charge in [0.1, 0.15) is 17.7 Å². The molecule has 4 nitrogen and oxygen atoms in total. The molecule has 3 rings (SSSR count). The van der Waals surface area contributed by atoms with Crippen LogP contribution in [0.15, 0.2) is 78.9 Å². The summed E-state index contributed by atoms with van der Waals surface area (Å²) in [6, 6.07) is 21.3. The highest BCUT2D eigenvalue weighted by Gasteiger charge is 2.13. The number of halogens is 1. The standard InChI is InChI=1S/C23H19FO4/c1-16(17-7-11-20(24)12-8-17)28-22(25)15-27-21-13-9-19(10-14-21)23(26)18-5-3-2-4-6-18/h2-14,16H,15H2,1H3/t16-/m0/s1. The summed E-state index contributed by atoms with van der Waals surface area (Å²) in [5, 5.41) is 0. The number of ether oxygens (including phenoxy) is 2. The maximum Gasteiger partial charge on any atom is 0.344 e. The average Bonchev–Trinajstić information content (AvgIpc) is 2.73. The molecule has 3 aromatic carbocycles. The smallest absolute Gasteiger partial charge is 0.344 e. The largest absolute Gasteiger partial charge is 0.482 e. The summed E-state index contributed by atoms with van der Waals surface area (Å²) >= 11 is 0. The highest BCUT2D eigenvalue weighted by molar-refractivity contribution is 6.08. The molecule has 0 heterocycles. The molecule has 0 bridgehead atoms. The molecule has 0 saturated heterocycles. The maximum atomic E-state index is 12.9. The fourth-order valence-corrected chi connectivity index (χ4v) is 2.63. The Labute approximate surface area is 162 Å². The lowest BCUT2D eigenvalue weighted by Crippen LogP contribution is -2.17. The number of carbonyl (C=O) groups excluding carboxylic acids is 2. The van der Waals surface area contributed by atoms with Gasteiger partial charge in [0, 0.05) is 11.1 Å². The van der Waals surface area contributed by atoms with E-state index in [0.29, 0.717) is 22.4 Å². The molecular weight excluding hydrogens is 359 g/mol. The van der Waals surface area contributed by atoms with E-state index in [2.05, 4.69) is 0 Å². The first kappa shape index (κ1) is 19.3. The Bertz CT molecular complexity index is 935. The summed E-state index contributed by atoms with van der Waals surface area (Å²) in [6.07, 6.45) is -0.512. The molecule has 0 N–H and O–H groups in total. The Morgan fingerprint density at radius 1 is 0.857 bits per heavy atom. The van der Waals surface area contributed by atoms with Gasteiger partial charge in [-0.15, -0.1) is 0 Å². The van der Waals surface area contributed by atoms with E-state index in [-0.39, 0.29) is 18.2 Å². The second-order valence-corrected chi connectivity index (χ2v) is 6.19. The third-order valence-corrected chi connectivity index (χ3v) is 4.16. The van der Waals surface area contributed by atoms with Crippen molar-refractivity contribution in [3.8, 4) is 5.75 Å². The number of esters is 1. The van der Waals surface area contributed by atoms with E-state index in [1.807, 2.05) is 18.2 Å². The summed E-state index contributed by atoms with van der Waals surface area (Å²) < 4.78 is 23.6. The predicted molar refractivity (Wildman–Crippen MR) is 103 cm³/mol. The van der Waals surface area contributed by atoms with Gasteiger partial charge >= 0.3 is 5.97 Å².